The predicted molar refractivity (Wildman–Crippen MR) is 175 cm³/mol. The molecule has 5 aliphatic rings. The van der Waals surface area contributed by atoms with Crippen molar-refractivity contribution in [2.45, 2.75) is 105 Å². The third-order valence-electron chi connectivity index (χ3n) is 14.7. The van der Waals surface area contributed by atoms with Crippen molar-refractivity contribution in [1.29, 1.82) is 0 Å². The summed E-state index contributed by atoms with van der Waals surface area (Å²) in [6.45, 7) is 19.1. The molecule has 0 aromatic heterocycles. The smallest absolute Gasteiger partial charge is 0.309 e. The SMILES string of the molecule is C=C(C)[C@@H]1CC[C@]2(C(=O)O)CC[C@]3(C)[C@H](CC[C@@H]4[C@@]5(C)CC=C(c6cccc(CS(C)(=O)=O)c6)C(C)(C)[C@@H]5CC[C@]43C)[C@@H]12. The van der Waals surface area contributed by atoms with Crippen LogP contribution in [0.1, 0.15) is 110 Å². The standard InChI is InChI=1S/C38H54O4S/c1-24(2)27-14-19-38(33(39)40)21-20-36(6)29(32(27)38)12-13-31-35(5)17-15-28(34(3,4)30(35)16-18-37(31,36)7)26-11-9-10-25(22-26)23-43(8,41)42/h9-11,15,22,27,29-32H,1,12-14,16-21,23H2,2-8H3,(H,39,40)/t27-,29+,30-,31+,32+,35-,36+,37+,38-/m0/s1. The number of carboxylic acid groups (broad SMARTS) is 1. The fraction of sp³-hybridized carbons (Fsp3) is 0.711. The van der Waals surface area contributed by atoms with Crippen LogP contribution in [-0.4, -0.2) is 25.7 Å². The van der Waals surface area contributed by atoms with E-state index in [4.69, 9.17) is 0 Å². The van der Waals surface area contributed by atoms with E-state index in [0.29, 0.717) is 23.7 Å². The Morgan fingerprint density at radius 2 is 1.67 bits per heavy atom. The van der Waals surface area contributed by atoms with E-state index in [1.807, 2.05) is 12.1 Å². The first-order chi connectivity index (χ1) is 19.9. The summed E-state index contributed by atoms with van der Waals surface area (Å²) in [6, 6.07) is 8.22. The number of benzene rings is 1. The van der Waals surface area contributed by atoms with Gasteiger partial charge in [0.05, 0.1) is 11.2 Å². The van der Waals surface area contributed by atoms with Crippen molar-refractivity contribution in [3.8, 4) is 0 Å². The minimum atomic E-state index is -3.10. The van der Waals surface area contributed by atoms with Gasteiger partial charge in [-0.15, -0.1) is 0 Å². The van der Waals surface area contributed by atoms with Crippen LogP contribution in [0.15, 0.2) is 42.5 Å². The second-order valence-corrected chi connectivity index (χ2v) is 19.1. The van der Waals surface area contributed by atoms with Gasteiger partial charge in [-0.1, -0.05) is 77.1 Å². The van der Waals surface area contributed by atoms with Gasteiger partial charge in [-0.3, -0.25) is 4.79 Å². The summed E-state index contributed by atoms with van der Waals surface area (Å²) < 4.78 is 24.1. The first-order valence-electron chi connectivity index (χ1n) is 16.8. The van der Waals surface area contributed by atoms with Gasteiger partial charge < -0.3 is 5.11 Å². The van der Waals surface area contributed by atoms with E-state index < -0.39 is 21.2 Å². The number of fused-ring (bicyclic) bond motifs is 7. The second kappa shape index (κ2) is 9.81. The average molecular weight is 607 g/mol. The van der Waals surface area contributed by atoms with Crippen LogP contribution in [0.5, 0.6) is 0 Å². The Balaban J connectivity index is 1.37. The van der Waals surface area contributed by atoms with E-state index in [9.17, 15) is 18.3 Å². The Hall–Kier alpha value is -1.88. The lowest BCUT2D eigenvalue weighted by molar-refractivity contribution is -0.227. The van der Waals surface area contributed by atoms with Gasteiger partial charge in [0.2, 0.25) is 0 Å². The highest BCUT2D eigenvalue weighted by atomic mass is 32.2. The normalized spacial score (nSPS) is 43.4. The van der Waals surface area contributed by atoms with Crippen LogP contribution in [0.3, 0.4) is 0 Å². The molecule has 0 saturated heterocycles. The molecule has 0 unspecified atom stereocenters. The third kappa shape index (κ3) is 4.32. The van der Waals surface area contributed by atoms with E-state index in [-0.39, 0.29) is 33.3 Å². The number of rotatable bonds is 5. The maximum atomic E-state index is 12.9. The molecule has 1 aromatic carbocycles. The van der Waals surface area contributed by atoms with E-state index in [0.717, 1.165) is 44.1 Å². The van der Waals surface area contributed by atoms with Crippen LogP contribution in [0.4, 0.5) is 0 Å². The van der Waals surface area contributed by atoms with Crippen LogP contribution >= 0.6 is 0 Å². The molecule has 4 nitrogen and oxygen atoms in total. The Morgan fingerprint density at radius 3 is 2.33 bits per heavy atom. The second-order valence-electron chi connectivity index (χ2n) is 17.0. The zero-order valence-electron chi connectivity index (χ0n) is 27.6. The largest absolute Gasteiger partial charge is 0.481 e. The third-order valence-corrected chi connectivity index (χ3v) is 15.6. The van der Waals surface area contributed by atoms with Crippen molar-refractivity contribution >= 4 is 21.4 Å². The maximum absolute atomic E-state index is 12.9. The van der Waals surface area contributed by atoms with Gasteiger partial charge in [0.25, 0.3) is 0 Å². The average Bonchev–Trinajstić information content (AvgIpc) is 3.29. The van der Waals surface area contributed by atoms with Gasteiger partial charge in [0, 0.05) is 6.26 Å². The van der Waals surface area contributed by atoms with Gasteiger partial charge in [-0.05, 0) is 133 Å². The molecule has 5 heteroatoms. The molecule has 1 N–H and O–H groups in total. The number of hydrogen-bond acceptors (Lipinski definition) is 3. The first-order valence-corrected chi connectivity index (χ1v) is 18.8. The van der Waals surface area contributed by atoms with E-state index in [2.05, 4.69) is 66.3 Å². The van der Waals surface area contributed by atoms with Crippen LogP contribution < -0.4 is 0 Å². The first kappa shape index (κ1) is 31.1. The van der Waals surface area contributed by atoms with Crippen LogP contribution in [-0.2, 0) is 20.4 Å². The van der Waals surface area contributed by atoms with Crippen molar-refractivity contribution in [1.82, 2.24) is 0 Å². The Kier molecular flexibility index (Phi) is 7.10. The van der Waals surface area contributed by atoms with Crippen molar-refractivity contribution < 1.29 is 18.3 Å². The maximum Gasteiger partial charge on any atom is 0.309 e. The van der Waals surface area contributed by atoms with Crippen LogP contribution in [0.25, 0.3) is 5.57 Å². The molecule has 0 spiro atoms. The summed E-state index contributed by atoms with van der Waals surface area (Å²) in [7, 11) is -3.10. The molecule has 6 rings (SSSR count). The van der Waals surface area contributed by atoms with Crippen molar-refractivity contribution in [2.24, 2.45) is 56.7 Å². The van der Waals surface area contributed by atoms with E-state index in [1.54, 1.807) is 0 Å². The molecule has 1 aromatic rings. The molecular formula is C38H54O4S. The summed E-state index contributed by atoms with van der Waals surface area (Å²) in [5, 5.41) is 10.6. The minimum Gasteiger partial charge on any atom is -0.481 e. The molecule has 0 aliphatic heterocycles. The Labute approximate surface area is 260 Å². The van der Waals surface area contributed by atoms with Gasteiger partial charge in [0.1, 0.15) is 0 Å². The van der Waals surface area contributed by atoms with Crippen molar-refractivity contribution in [3.63, 3.8) is 0 Å². The van der Waals surface area contributed by atoms with Gasteiger partial charge in [0.15, 0.2) is 9.84 Å². The minimum absolute atomic E-state index is 0.0304. The lowest BCUT2D eigenvalue weighted by Crippen LogP contribution is -2.65. The number of sulfone groups is 1. The highest BCUT2D eigenvalue weighted by molar-refractivity contribution is 7.89. The lowest BCUT2D eigenvalue weighted by Gasteiger charge is -2.72. The summed E-state index contributed by atoms with van der Waals surface area (Å²) in [5.41, 5.74) is 4.45. The zero-order valence-corrected chi connectivity index (χ0v) is 28.4. The van der Waals surface area contributed by atoms with Crippen LogP contribution in [0.2, 0.25) is 0 Å². The molecule has 236 valence electrons. The summed E-state index contributed by atoms with van der Waals surface area (Å²) in [4.78, 5) is 12.9. The molecule has 9 atom stereocenters. The molecule has 4 saturated carbocycles. The molecule has 0 amide bonds. The Bertz CT molecular complexity index is 1490. The van der Waals surface area contributed by atoms with E-state index >= 15 is 0 Å². The van der Waals surface area contributed by atoms with Gasteiger partial charge in [-0.2, -0.15) is 0 Å². The quantitative estimate of drug-likeness (QED) is 0.340. The molecular weight excluding hydrogens is 552 g/mol. The fourth-order valence-electron chi connectivity index (χ4n) is 12.7. The Morgan fingerprint density at radius 1 is 0.953 bits per heavy atom. The number of carboxylic acids is 1. The number of carbonyl (C=O) groups is 1. The number of allylic oxidation sites excluding steroid dienone is 3. The van der Waals surface area contributed by atoms with Gasteiger partial charge >= 0.3 is 5.97 Å². The fourth-order valence-corrected chi connectivity index (χ4v) is 13.5. The molecule has 0 radical (unpaired) electrons. The van der Waals surface area contributed by atoms with E-state index in [1.165, 1.54) is 42.2 Å². The molecule has 43 heavy (non-hydrogen) atoms. The predicted octanol–water partition coefficient (Wildman–Crippen LogP) is 8.97. The highest BCUT2D eigenvalue weighted by Gasteiger charge is 2.71. The zero-order chi connectivity index (χ0) is 31.4. The molecule has 0 bridgehead atoms. The molecule has 0 heterocycles. The monoisotopic (exact) mass is 606 g/mol. The molecule has 5 aliphatic carbocycles. The lowest BCUT2D eigenvalue weighted by atomic mass is 9.32. The van der Waals surface area contributed by atoms with Crippen LogP contribution in [0, 0.1) is 56.7 Å². The topological polar surface area (TPSA) is 71.4 Å². The van der Waals surface area contributed by atoms with Crippen molar-refractivity contribution in [2.75, 3.05) is 6.26 Å². The number of aliphatic carboxylic acids is 1. The summed E-state index contributed by atoms with van der Waals surface area (Å²) in [5.74, 6) is 1.61. The number of hydrogen-bond donors (Lipinski definition) is 1. The molecule has 4 fully saturated rings. The summed E-state index contributed by atoms with van der Waals surface area (Å²) in [6.07, 6.45) is 13.2. The summed E-state index contributed by atoms with van der Waals surface area (Å²) >= 11 is 0. The highest BCUT2D eigenvalue weighted by Crippen LogP contribution is 2.77. The van der Waals surface area contributed by atoms with Gasteiger partial charge in [-0.25, -0.2) is 8.42 Å². The van der Waals surface area contributed by atoms with Crippen molar-refractivity contribution in [3.05, 3.63) is 53.6 Å².